The number of hydrogen-bond acceptors (Lipinski definition) is 2. The van der Waals surface area contributed by atoms with Crippen LogP contribution in [0.15, 0.2) is 24.3 Å². The van der Waals surface area contributed by atoms with Gasteiger partial charge in [-0.3, -0.25) is 4.79 Å². The fourth-order valence-corrected chi connectivity index (χ4v) is 1.90. The summed E-state index contributed by atoms with van der Waals surface area (Å²) in [5.74, 6) is -0.394. The lowest BCUT2D eigenvalue weighted by Crippen LogP contribution is -2.13. The molecule has 1 aromatic rings. The van der Waals surface area contributed by atoms with Gasteiger partial charge in [0, 0.05) is 13.0 Å². The Labute approximate surface area is 115 Å². The molecular weight excluding hydrogens is 243 g/mol. The van der Waals surface area contributed by atoms with E-state index >= 15 is 0 Å². The number of ketones is 1. The van der Waals surface area contributed by atoms with Crippen LogP contribution in [0.4, 0.5) is 4.39 Å². The average Bonchev–Trinajstić information content (AvgIpc) is 2.40. The van der Waals surface area contributed by atoms with Gasteiger partial charge >= 0.3 is 0 Å². The molecule has 0 amide bonds. The van der Waals surface area contributed by atoms with Crippen molar-refractivity contribution in [2.45, 2.75) is 45.4 Å². The predicted octanol–water partition coefficient (Wildman–Crippen LogP) is 3.92. The van der Waals surface area contributed by atoms with Crippen molar-refractivity contribution in [1.82, 2.24) is 0 Å². The van der Waals surface area contributed by atoms with Crippen LogP contribution in [0.2, 0.25) is 0 Å². The molecule has 19 heavy (non-hydrogen) atoms. The molecule has 3 heteroatoms. The highest BCUT2D eigenvalue weighted by Crippen LogP contribution is 2.07. The Morgan fingerprint density at radius 2 is 1.89 bits per heavy atom. The summed E-state index contributed by atoms with van der Waals surface area (Å²) in [6.45, 7) is 2.88. The predicted molar refractivity (Wildman–Crippen MR) is 74.7 cm³/mol. The Morgan fingerprint density at radius 3 is 2.63 bits per heavy atom. The van der Waals surface area contributed by atoms with E-state index in [4.69, 9.17) is 4.74 Å². The molecule has 0 heterocycles. The zero-order valence-corrected chi connectivity index (χ0v) is 11.7. The molecule has 0 saturated carbocycles. The fraction of sp³-hybridized carbons (Fsp3) is 0.562. The molecule has 0 aromatic heterocycles. The average molecular weight is 266 g/mol. The second-order valence-corrected chi connectivity index (χ2v) is 4.77. The van der Waals surface area contributed by atoms with Crippen molar-refractivity contribution >= 4 is 5.78 Å². The molecule has 0 radical (unpaired) electrons. The molecule has 106 valence electrons. The second-order valence-electron chi connectivity index (χ2n) is 4.77. The van der Waals surface area contributed by atoms with E-state index in [1.165, 1.54) is 25.3 Å². The lowest BCUT2D eigenvalue weighted by atomic mass is 10.1. The third-order valence-corrected chi connectivity index (χ3v) is 3.00. The van der Waals surface area contributed by atoms with Crippen molar-refractivity contribution < 1.29 is 13.9 Å². The van der Waals surface area contributed by atoms with Crippen LogP contribution in [0.5, 0.6) is 0 Å². The Morgan fingerprint density at radius 1 is 1.16 bits per heavy atom. The zero-order valence-electron chi connectivity index (χ0n) is 11.7. The lowest BCUT2D eigenvalue weighted by molar-refractivity contribution is -0.123. The van der Waals surface area contributed by atoms with Gasteiger partial charge in [-0.1, -0.05) is 50.8 Å². The zero-order chi connectivity index (χ0) is 13.9. The van der Waals surface area contributed by atoms with Crippen LogP contribution in [0.25, 0.3) is 0 Å². The Bertz CT molecular complexity index is 377. The number of rotatable bonds is 10. The largest absolute Gasteiger partial charge is 0.374 e. The number of ether oxygens (including phenoxy) is 1. The number of benzene rings is 1. The molecular formula is C16H23FO2. The lowest BCUT2D eigenvalue weighted by Gasteiger charge is -2.04. The SMILES string of the molecule is CCCCCCCOCC(=O)Cc1ccccc1F. The van der Waals surface area contributed by atoms with Crippen LogP contribution in [-0.2, 0) is 16.0 Å². The molecule has 0 atom stereocenters. The number of unbranched alkanes of at least 4 members (excludes halogenated alkanes) is 4. The maximum Gasteiger partial charge on any atom is 0.162 e. The summed E-state index contributed by atoms with van der Waals surface area (Å²) >= 11 is 0. The molecule has 2 nitrogen and oxygen atoms in total. The van der Waals surface area contributed by atoms with Crippen LogP contribution >= 0.6 is 0 Å². The number of carbonyl (C=O) groups is 1. The first-order chi connectivity index (χ1) is 9.24. The molecule has 0 bridgehead atoms. The van der Waals surface area contributed by atoms with Gasteiger partial charge in [0.25, 0.3) is 0 Å². The Kier molecular flexibility index (Phi) is 8.07. The van der Waals surface area contributed by atoms with E-state index in [2.05, 4.69) is 6.92 Å². The van der Waals surface area contributed by atoms with Gasteiger partial charge in [-0.2, -0.15) is 0 Å². The number of hydrogen-bond donors (Lipinski definition) is 0. The second kappa shape index (κ2) is 9.68. The van der Waals surface area contributed by atoms with Crippen molar-refractivity contribution in [2.24, 2.45) is 0 Å². The first-order valence-electron chi connectivity index (χ1n) is 7.07. The highest BCUT2D eigenvalue weighted by molar-refractivity contribution is 5.82. The summed E-state index contributed by atoms with van der Waals surface area (Å²) in [5.41, 5.74) is 0.444. The molecule has 0 spiro atoms. The van der Waals surface area contributed by atoms with Crippen molar-refractivity contribution in [1.29, 1.82) is 0 Å². The molecule has 0 aliphatic carbocycles. The summed E-state index contributed by atoms with van der Waals surface area (Å²) < 4.78 is 18.6. The van der Waals surface area contributed by atoms with Crippen molar-refractivity contribution in [2.75, 3.05) is 13.2 Å². The molecule has 0 aliphatic rings. The van der Waals surface area contributed by atoms with Crippen molar-refractivity contribution in [3.8, 4) is 0 Å². The van der Waals surface area contributed by atoms with E-state index in [0.717, 1.165) is 12.8 Å². The first kappa shape index (κ1) is 15.8. The molecule has 1 rings (SSSR count). The third kappa shape index (κ3) is 7.06. The Balaban J connectivity index is 2.10. The van der Waals surface area contributed by atoms with Gasteiger partial charge < -0.3 is 4.74 Å². The number of Topliss-reactive ketones (excluding diaryl/α,β-unsaturated/α-hetero) is 1. The summed E-state index contributed by atoms with van der Waals surface area (Å²) in [6, 6.07) is 6.37. The van der Waals surface area contributed by atoms with Gasteiger partial charge in [-0.25, -0.2) is 4.39 Å². The van der Waals surface area contributed by atoms with E-state index < -0.39 is 0 Å². The van der Waals surface area contributed by atoms with Crippen LogP contribution in [0.1, 0.15) is 44.6 Å². The van der Waals surface area contributed by atoms with Crippen LogP contribution < -0.4 is 0 Å². The van der Waals surface area contributed by atoms with Crippen molar-refractivity contribution in [3.05, 3.63) is 35.6 Å². The van der Waals surface area contributed by atoms with E-state index in [9.17, 15) is 9.18 Å². The molecule has 0 unspecified atom stereocenters. The van der Waals surface area contributed by atoms with E-state index in [0.29, 0.717) is 12.2 Å². The highest BCUT2D eigenvalue weighted by atomic mass is 19.1. The summed E-state index contributed by atoms with van der Waals surface area (Å²) in [4.78, 5) is 11.6. The van der Waals surface area contributed by atoms with Crippen LogP contribution in [0, 0.1) is 5.82 Å². The van der Waals surface area contributed by atoms with Gasteiger partial charge in [-0.15, -0.1) is 0 Å². The van der Waals surface area contributed by atoms with Gasteiger partial charge in [0.15, 0.2) is 5.78 Å². The number of halogens is 1. The first-order valence-corrected chi connectivity index (χ1v) is 7.07. The van der Waals surface area contributed by atoms with E-state index in [-0.39, 0.29) is 24.6 Å². The standard InChI is InChI=1S/C16H23FO2/c1-2-3-4-5-8-11-19-13-15(18)12-14-9-6-7-10-16(14)17/h6-7,9-10H,2-5,8,11-13H2,1H3. The molecule has 0 fully saturated rings. The molecule has 0 aliphatic heterocycles. The fourth-order valence-electron chi connectivity index (χ4n) is 1.90. The van der Waals surface area contributed by atoms with Crippen molar-refractivity contribution in [3.63, 3.8) is 0 Å². The Hall–Kier alpha value is -1.22. The minimum atomic E-state index is -0.324. The monoisotopic (exact) mass is 266 g/mol. The molecule has 0 saturated heterocycles. The van der Waals surface area contributed by atoms with E-state index in [1.54, 1.807) is 18.2 Å². The normalized spacial score (nSPS) is 10.6. The van der Waals surface area contributed by atoms with Gasteiger partial charge in [0.05, 0.1) is 0 Å². The van der Waals surface area contributed by atoms with Crippen LogP contribution in [-0.4, -0.2) is 19.0 Å². The smallest absolute Gasteiger partial charge is 0.162 e. The minimum Gasteiger partial charge on any atom is -0.374 e. The maximum absolute atomic E-state index is 13.3. The summed E-state index contributed by atoms with van der Waals surface area (Å²) in [6.07, 6.45) is 5.96. The van der Waals surface area contributed by atoms with Crippen LogP contribution in [0.3, 0.4) is 0 Å². The van der Waals surface area contributed by atoms with Gasteiger partial charge in [0.1, 0.15) is 12.4 Å². The van der Waals surface area contributed by atoms with Gasteiger partial charge in [0.2, 0.25) is 0 Å². The highest BCUT2D eigenvalue weighted by Gasteiger charge is 2.07. The molecule has 0 N–H and O–H groups in total. The number of carbonyl (C=O) groups excluding carboxylic acids is 1. The maximum atomic E-state index is 13.3. The van der Waals surface area contributed by atoms with E-state index in [1.807, 2.05) is 0 Å². The summed E-state index contributed by atoms with van der Waals surface area (Å²) in [7, 11) is 0. The minimum absolute atomic E-state index is 0.0707. The third-order valence-electron chi connectivity index (χ3n) is 3.00. The molecule has 1 aromatic carbocycles. The topological polar surface area (TPSA) is 26.3 Å². The summed E-state index contributed by atoms with van der Waals surface area (Å²) in [5, 5.41) is 0. The van der Waals surface area contributed by atoms with Gasteiger partial charge in [-0.05, 0) is 18.1 Å². The quantitative estimate of drug-likeness (QED) is 0.600.